The number of thiazole rings is 1. The minimum Gasteiger partial charge on any atom is -0.483 e. The van der Waals surface area contributed by atoms with Crippen LogP contribution in [0.2, 0.25) is 0 Å². The summed E-state index contributed by atoms with van der Waals surface area (Å²) in [5.74, 6) is -0.0283. The van der Waals surface area contributed by atoms with E-state index in [2.05, 4.69) is 27.1 Å². The number of aryl methyl sites for hydroxylation is 1. The van der Waals surface area contributed by atoms with Crippen molar-refractivity contribution in [3.05, 3.63) is 68.9 Å². The Morgan fingerprint density at radius 1 is 1.33 bits per heavy atom. The molecule has 9 heteroatoms. The number of fused-ring (bicyclic) bond motifs is 1. The predicted molar refractivity (Wildman–Crippen MR) is 114 cm³/mol. The first-order valence-electron chi connectivity index (χ1n) is 9.58. The van der Waals surface area contributed by atoms with E-state index in [9.17, 15) is 4.79 Å². The molecule has 2 aromatic heterocycles. The molecule has 1 amide bonds. The molecule has 0 bridgehead atoms. The number of carbonyl (C=O) groups is 2. The largest absolute Gasteiger partial charge is 0.483 e. The Morgan fingerprint density at radius 3 is 2.73 bits per heavy atom. The van der Waals surface area contributed by atoms with Crippen LogP contribution in [0.25, 0.3) is 0 Å². The van der Waals surface area contributed by atoms with Gasteiger partial charge in [0, 0.05) is 42.2 Å². The van der Waals surface area contributed by atoms with Crippen molar-refractivity contribution in [1.82, 2.24) is 25.0 Å². The molecule has 4 rings (SSSR count). The zero-order valence-electron chi connectivity index (χ0n) is 17.0. The van der Waals surface area contributed by atoms with Crippen molar-refractivity contribution in [3.8, 4) is 0 Å². The van der Waals surface area contributed by atoms with E-state index in [1.807, 2.05) is 47.7 Å². The second-order valence-electron chi connectivity index (χ2n) is 7.13. The summed E-state index contributed by atoms with van der Waals surface area (Å²) in [7, 11) is 2.08. The normalized spacial score (nSPS) is 13.1. The van der Waals surface area contributed by atoms with Gasteiger partial charge in [0.15, 0.2) is 5.69 Å². The average Bonchev–Trinajstić information content (AvgIpc) is 3.34. The Morgan fingerprint density at radius 2 is 2.07 bits per heavy atom. The van der Waals surface area contributed by atoms with Gasteiger partial charge in [-0.2, -0.15) is 5.10 Å². The zero-order valence-corrected chi connectivity index (χ0v) is 17.9. The highest BCUT2D eigenvalue weighted by Gasteiger charge is 2.27. The second kappa shape index (κ2) is 10.1. The van der Waals surface area contributed by atoms with Crippen molar-refractivity contribution < 1.29 is 14.7 Å². The van der Waals surface area contributed by atoms with Gasteiger partial charge < -0.3 is 14.9 Å². The molecule has 3 aromatic rings. The van der Waals surface area contributed by atoms with Crippen LogP contribution in [0.1, 0.15) is 37.9 Å². The Hall–Kier alpha value is -3.04. The van der Waals surface area contributed by atoms with Crippen LogP contribution in [0.5, 0.6) is 0 Å². The average molecular weight is 428 g/mol. The molecule has 0 aliphatic carbocycles. The summed E-state index contributed by atoms with van der Waals surface area (Å²) in [4.78, 5) is 31.3. The van der Waals surface area contributed by atoms with Gasteiger partial charge in [0.1, 0.15) is 0 Å². The monoisotopic (exact) mass is 427 g/mol. The first-order valence-corrected chi connectivity index (χ1v) is 10.5. The summed E-state index contributed by atoms with van der Waals surface area (Å²) < 4.78 is 0. The molecule has 2 N–H and O–H groups in total. The molecule has 0 atom stereocenters. The summed E-state index contributed by atoms with van der Waals surface area (Å²) in [6.45, 7) is 4.57. The van der Waals surface area contributed by atoms with Gasteiger partial charge >= 0.3 is 0 Å². The van der Waals surface area contributed by atoms with Crippen molar-refractivity contribution in [3.63, 3.8) is 0 Å². The molecule has 1 aromatic carbocycles. The number of hydrogen-bond acceptors (Lipinski definition) is 6. The fourth-order valence-electron chi connectivity index (χ4n) is 3.41. The number of aromatic nitrogens is 3. The summed E-state index contributed by atoms with van der Waals surface area (Å²) in [6, 6.07) is 10.1. The molecular formula is C21H25N5O3S. The van der Waals surface area contributed by atoms with Crippen molar-refractivity contribution in [2.24, 2.45) is 0 Å². The molecule has 0 fully saturated rings. The number of likely N-dealkylation sites (N-methyl/N-ethyl adjacent to an activating group) is 1. The second-order valence-corrected chi connectivity index (χ2v) is 8.07. The number of carboxylic acid groups (broad SMARTS) is 1. The van der Waals surface area contributed by atoms with Crippen LogP contribution in [0.15, 0.2) is 35.8 Å². The first-order chi connectivity index (χ1) is 14.5. The lowest BCUT2D eigenvalue weighted by molar-refractivity contribution is -0.122. The molecule has 0 saturated carbocycles. The van der Waals surface area contributed by atoms with Crippen LogP contribution in [0, 0.1) is 6.92 Å². The smallest absolute Gasteiger partial charge is 0.290 e. The van der Waals surface area contributed by atoms with Crippen LogP contribution >= 0.6 is 11.3 Å². The maximum absolute atomic E-state index is 13.4. The summed E-state index contributed by atoms with van der Waals surface area (Å²) in [6.07, 6.45) is 0.902. The van der Waals surface area contributed by atoms with Gasteiger partial charge in [-0.05, 0) is 19.5 Å². The molecule has 1 aliphatic rings. The minimum absolute atomic E-state index is 0.0283. The number of hydrogen-bond donors (Lipinski definition) is 2. The van der Waals surface area contributed by atoms with Crippen molar-refractivity contribution >= 4 is 23.7 Å². The van der Waals surface area contributed by atoms with E-state index >= 15 is 0 Å². The predicted octanol–water partition coefficient (Wildman–Crippen LogP) is 2.71. The number of nitrogens with zero attached hydrogens (tertiary/aromatic N) is 4. The Labute approximate surface area is 179 Å². The SMILES string of the molecule is Cc1ncsc1CN(Cc1ccccc1)C(=O)c1n[nH]c2c1CN(C)CC2.O=CO. The number of benzene rings is 1. The summed E-state index contributed by atoms with van der Waals surface area (Å²) in [5.41, 5.74) is 6.60. The Balaban J connectivity index is 0.000000806. The highest BCUT2D eigenvalue weighted by atomic mass is 32.1. The van der Waals surface area contributed by atoms with Gasteiger partial charge in [-0.25, -0.2) is 4.98 Å². The number of aromatic amines is 1. The van der Waals surface area contributed by atoms with E-state index < -0.39 is 0 Å². The van der Waals surface area contributed by atoms with Crippen molar-refractivity contribution in [2.45, 2.75) is 33.0 Å². The molecule has 158 valence electrons. The molecule has 0 unspecified atom stereocenters. The zero-order chi connectivity index (χ0) is 21.5. The van der Waals surface area contributed by atoms with Crippen LogP contribution < -0.4 is 0 Å². The molecule has 3 heterocycles. The molecular weight excluding hydrogens is 402 g/mol. The molecule has 8 nitrogen and oxygen atoms in total. The first kappa shape index (κ1) is 21.7. The van der Waals surface area contributed by atoms with Crippen LogP contribution in [-0.2, 0) is 30.8 Å². The molecule has 0 radical (unpaired) electrons. The van der Waals surface area contributed by atoms with E-state index in [4.69, 9.17) is 9.90 Å². The molecule has 30 heavy (non-hydrogen) atoms. The molecule has 0 saturated heterocycles. The van der Waals surface area contributed by atoms with Gasteiger partial charge in [-0.3, -0.25) is 14.7 Å². The third kappa shape index (κ3) is 5.11. The lowest BCUT2D eigenvalue weighted by Gasteiger charge is -2.25. The van der Waals surface area contributed by atoms with Crippen molar-refractivity contribution in [1.29, 1.82) is 0 Å². The third-order valence-electron chi connectivity index (χ3n) is 5.01. The summed E-state index contributed by atoms with van der Waals surface area (Å²) >= 11 is 1.59. The lowest BCUT2D eigenvalue weighted by atomic mass is 10.0. The summed E-state index contributed by atoms with van der Waals surface area (Å²) in [5, 5.41) is 14.4. The quantitative estimate of drug-likeness (QED) is 0.607. The van der Waals surface area contributed by atoms with Crippen molar-refractivity contribution in [2.75, 3.05) is 13.6 Å². The molecule has 1 aliphatic heterocycles. The highest BCUT2D eigenvalue weighted by Crippen LogP contribution is 2.23. The standard InChI is InChI=1S/C20H23N5OS.CH2O2/c1-14-18(27-13-21-14)12-25(10-15-6-4-3-5-7-15)20(26)19-16-11-24(2)9-8-17(16)22-23-19;2-1-3/h3-7,13H,8-12H2,1-2H3,(H,22,23);1H,(H,2,3). The van der Waals surface area contributed by atoms with E-state index in [1.54, 1.807) is 11.3 Å². The maximum atomic E-state index is 13.4. The minimum atomic E-state index is -0.250. The van der Waals surface area contributed by atoms with Crippen LogP contribution in [0.3, 0.4) is 0 Å². The van der Waals surface area contributed by atoms with Crippen LogP contribution in [0.4, 0.5) is 0 Å². The highest BCUT2D eigenvalue weighted by molar-refractivity contribution is 7.09. The maximum Gasteiger partial charge on any atom is 0.290 e. The van der Waals surface area contributed by atoms with Gasteiger partial charge in [-0.15, -0.1) is 11.3 Å². The van der Waals surface area contributed by atoms with Gasteiger partial charge in [0.2, 0.25) is 0 Å². The Kier molecular flexibility index (Phi) is 7.31. The number of carbonyl (C=O) groups excluding carboxylic acids is 1. The number of amides is 1. The van der Waals surface area contributed by atoms with Gasteiger partial charge in [0.05, 0.1) is 17.7 Å². The van der Waals surface area contributed by atoms with Gasteiger partial charge in [0.25, 0.3) is 12.4 Å². The van der Waals surface area contributed by atoms with E-state index in [1.165, 1.54) is 0 Å². The number of nitrogens with one attached hydrogen (secondary N) is 1. The lowest BCUT2D eigenvalue weighted by Crippen LogP contribution is -2.33. The van der Waals surface area contributed by atoms with Crippen LogP contribution in [-0.4, -0.2) is 56.1 Å². The van der Waals surface area contributed by atoms with E-state index in [0.717, 1.165) is 46.9 Å². The molecule has 0 spiro atoms. The fourth-order valence-corrected chi connectivity index (χ4v) is 4.20. The number of rotatable bonds is 5. The van der Waals surface area contributed by atoms with E-state index in [0.29, 0.717) is 18.8 Å². The van der Waals surface area contributed by atoms with Gasteiger partial charge in [-0.1, -0.05) is 30.3 Å². The fraction of sp³-hybridized carbons (Fsp3) is 0.333. The topological polar surface area (TPSA) is 102 Å². The van der Waals surface area contributed by atoms with E-state index in [-0.39, 0.29) is 12.4 Å². The Bertz CT molecular complexity index is 986. The number of H-pyrrole nitrogens is 1. The third-order valence-corrected chi connectivity index (χ3v) is 5.93.